The van der Waals surface area contributed by atoms with Gasteiger partial charge in [0.2, 0.25) is 5.91 Å². The van der Waals surface area contributed by atoms with Gasteiger partial charge in [-0.05, 0) is 18.2 Å². The van der Waals surface area contributed by atoms with E-state index in [1.165, 1.54) is 17.0 Å². The van der Waals surface area contributed by atoms with Crippen LogP contribution in [-0.2, 0) is 4.79 Å². The number of nitrogens with zero attached hydrogens (tertiary/aromatic N) is 1. The molecule has 1 aliphatic heterocycles. The molecular weight excluding hydrogens is 219 g/mol. The van der Waals surface area contributed by atoms with Crippen LogP contribution in [0.4, 0.5) is 10.1 Å². The predicted octanol–water partition coefficient (Wildman–Crippen LogP) is 1.54. The molecule has 0 spiro atoms. The van der Waals surface area contributed by atoms with Gasteiger partial charge in [-0.3, -0.25) is 4.79 Å². The van der Waals surface area contributed by atoms with Gasteiger partial charge in [0.25, 0.3) is 0 Å². The van der Waals surface area contributed by atoms with Gasteiger partial charge in [0, 0.05) is 29.7 Å². The first kappa shape index (κ1) is 10.4. The van der Waals surface area contributed by atoms with Crippen LogP contribution in [-0.4, -0.2) is 18.5 Å². The second kappa shape index (κ2) is 3.79. The van der Waals surface area contributed by atoms with Crippen molar-refractivity contribution < 1.29 is 9.18 Å². The molecule has 1 amide bonds. The second-order valence-corrected chi connectivity index (χ2v) is 4.03. The molecule has 0 aromatic heterocycles. The van der Waals surface area contributed by atoms with E-state index in [1.807, 2.05) is 0 Å². The molecule has 2 N–H and O–H groups in total. The zero-order valence-electron chi connectivity index (χ0n) is 7.91. The Morgan fingerprint density at radius 2 is 2.20 bits per heavy atom. The molecule has 1 aromatic rings. The van der Waals surface area contributed by atoms with Gasteiger partial charge in [-0.1, -0.05) is 11.6 Å². The molecule has 0 saturated carbocycles. The minimum absolute atomic E-state index is 0.0934. The van der Waals surface area contributed by atoms with Crippen LogP contribution in [0.25, 0.3) is 0 Å². The van der Waals surface area contributed by atoms with Crippen LogP contribution in [0.2, 0.25) is 5.02 Å². The second-order valence-electron chi connectivity index (χ2n) is 3.60. The number of benzene rings is 1. The van der Waals surface area contributed by atoms with E-state index in [1.54, 1.807) is 6.07 Å². The number of amides is 1. The summed E-state index contributed by atoms with van der Waals surface area (Å²) in [6, 6.07) is 3.85. The minimum Gasteiger partial charge on any atom is -0.326 e. The van der Waals surface area contributed by atoms with Crippen molar-refractivity contribution >= 4 is 23.2 Å². The number of carbonyl (C=O) groups excluding carboxylic acids is 1. The molecule has 1 aromatic carbocycles. The minimum atomic E-state index is -0.453. The quantitative estimate of drug-likeness (QED) is 0.793. The average molecular weight is 229 g/mol. The molecule has 0 aliphatic carbocycles. The maximum absolute atomic E-state index is 13.1. The van der Waals surface area contributed by atoms with Gasteiger partial charge in [-0.15, -0.1) is 0 Å². The third kappa shape index (κ3) is 2.11. The van der Waals surface area contributed by atoms with E-state index in [4.69, 9.17) is 17.3 Å². The highest BCUT2D eigenvalue weighted by Crippen LogP contribution is 2.25. The van der Waals surface area contributed by atoms with E-state index in [0.717, 1.165) is 0 Å². The SMILES string of the molecule is NC1CC(=O)N(c2cc(F)cc(Cl)c2)C1. The third-order valence-corrected chi connectivity index (χ3v) is 2.53. The number of halogens is 2. The summed E-state index contributed by atoms with van der Waals surface area (Å²) in [7, 11) is 0. The number of anilines is 1. The van der Waals surface area contributed by atoms with Crippen molar-refractivity contribution in [2.45, 2.75) is 12.5 Å². The zero-order chi connectivity index (χ0) is 11.0. The Balaban J connectivity index is 2.33. The van der Waals surface area contributed by atoms with Gasteiger partial charge in [0.15, 0.2) is 0 Å². The maximum atomic E-state index is 13.1. The van der Waals surface area contributed by atoms with Crippen LogP contribution in [0, 0.1) is 5.82 Å². The summed E-state index contributed by atoms with van der Waals surface area (Å²) >= 11 is 5.70. The zero-order valence-corrected chi connectivity index (χ0v) is 8.67. The van der Waals surface area contributed by atoms with E-state index < -0.39 is 5.82 Å². The molecule has 3 nitrogen and oxygen atoms in total. The fourth-order valence-corrected chi connectivity index (χ4v) is 1.90. The molecule has 0 bridgehead atoms. The predicted molar refractivity (Wildman–Crippen MR) is 56.4 cm³/mol. The van der Waals surface area contributed by atoms with E-state index in [2.05, 4.69) is 0 Å². The highest BCUT2D eigenvalue weighted by Gasteiger charge is 2.28. The molecule has 0 radical (unpaired) electrons. The van der Waals surface area contributed by atoms with E-state index in [-0.39, 0.29) is 17.0 Å². The molecule has 1 atom stereocenters. The first-order chi connectivity index (χ1) is 7.06. The van der Waals surface area contributed by atoms with E-state index >= 15 is 0 Å². The lowest BCUT2D eigenvalue weighted by molar-refractivity contribution is -0.117. The molecular formula is C10H10ClFN2O. The molecule has 1 heterocycles. The lowest BCUT2D eigenvalue weighted by Crippen LogP contribution is -2.28. The Morgan fingerprint density at radius 3 is 2.73 bits per heavy atom. The third-order valence-electron chi connectivity index (χ3n) is 2.31. The topological polar surface area (TPSA) is 46.3 Å². The smallest absolute Gasteiger partial charge is 0.228 e. The standard InChI is InChI=1S/C10H10ClFN2O/c11-6-1-7(12)3-9(2-6)14-5-8(13)4-10(14)15/h1-3,8H,4-5,13H2. The fourth-order valence-electron chi connectivity index (χ4n) is 1.68. The van der Waals surface area contributed by atoms with Crippen molar-refractivity contribution in [3.05, 3.63) is 29.0 Å². The van der Waals surface area contributed by atoms with Gasteiger partial charge in [0.1, 0.15) is 5.82 Å². The van der Waals surface area contributed by atoms with Gasteiger partial charge >= 0.3 is 0 Å². The van der Waals surface area contributed by atoms with Crippen molar-refractivity contribution in [1.82, 2.24) is 0 Å². The number of nitrogens with two attached hydrogens (primary N) is 1. The number of hydrogen-bond acceptors (Lipinski definition) is 2. The molecule has 1 fully saturated rings. The van der Waals surface area contributed by atoms with Gasteiger partial charge in [-0.2, -0.15) is 0 Å². The van der Waals surface area contributed by atoms with Crippen molar-refractivity contribution in [3.63, 3.8) is 0 Å². The van der Waals surface area contributed by atoms with Gasteiger partial charge in [0.05, 0.1) is 0 Å². The summed E-state index contributed by atoms with van der Waals surface area (Å²) in [6.45, 7) is 0.415. The van der Waals surface area contributed by atoms with Crippen LogP contribution >= 0.6 is 11.6 Å². The molecule has 2 rings (SSSR count). The summed E-state index contributed by atoms with van der Waals surface area (Å²) in [6.07, 6.45) is 0.300. The van der Waals surface area contributed by atoms with Gasteiger partial charge in [-0.25, -0.2) is 4.39 Å². The Labute approximate surface area is 91.6 Å². The molecule has 80 valence electrons. The normalized spacial score (nSPS) is 21.1. The van der Waals surface area contributed by atoms with Crippen LogP contribution in [0.1, 0.15) is 6.42 Å². The average Bonchev–Trinajstić information content (AvgIpc) is 2.43. The summed E-state index contributed by atoms with van der Waals surface area (Å²) in [5.41, 5.74) is 6.11. The summed E-state index contributed by atoms with van der Waals surface area (Å²) in [5, 5.41) is 0.276. The summed E-state index contributed by atoms with van der Waals surface area (Å²) in [5.74, 6) is -0.546. The number of hydrogen-bond donors (Lipinski definition) is 1. The molecule has 15 heavy (non-hydrogen) atoms. The largest absolute Gasteiger partial charge is 0.326 e. The molecule has 1 unspecified atom stereocenters. The molecule has 5 heteroatoms. The van der Waals surface area contributed by atoms with Gasteiger partial charge < -0.3 is 10.6 Å². The Hall–Kier alpha value is -1.13. The van der Waals surface area contributed by atoms with Crippen molar-refractivity contribution in [1.29, 1.82) is 0 Å². The number of carbonyl (C=O) groups is 1. The van der Waals surface area contributed by atoms with Crippen molar-refractivity contribution in [2.24, 2.45) is 5.73 Å². The monoisotopic (exact) mass is 228 g/mol. The molecule has 1 saturated heterocycles. The summed E-state index contributed by atoms with van der Waals surface area (Å²) < 4.78 is 13.1. The first-order valence-electron chi connectivity index (χ1n) is 4.58. The Morgan fingerprint density at radius 1 is 1.47 bits per heavy atom. The molecule has 1 aliphatic rings. The first-order valence-corrected chi connectivity index (χ1v) is 4.96. The lowest BCUT2D eigenvalue weighted by atomic mass is 10.3. The highest BCUT2D eigenvalue weighted by atomic mass is 35.5. The van der Waals surface area contributed by atoms with E-state index in [9.17, 15) is 9.18 Å². The van der Waals surface area contributed by atoms with Crippen LogP contribution in [0.5, 0.6) is 0 Å². The highest BCUT2D eigenvalue weighted by molar-refractivity contribution is 6.31. The van der Waals surface area contributed by atoms with E-state index in [0.29, 0.717) is 18.7 Å². The Bertz CT molecular complexity index is 390. The van der Waals surface area contributed by atoms with Crippen molar-refractivity contribution in [3.8, 4) is 0 Å². The van der Waals surface area contributed by atoms with Crippen LogP contribution in [0.3, 0.4) is 0 Å². The maximum Gasteiger partial charge on any atom is 0.228 e. The van der Waals surface area contributed by atoms with Crippen LogP contribution < -0.4 is 10.6 Å². The summed E-state index contributed by atoms with van der Waals surface area (Å²) in [4.78, 5) is 12.9. The fraction of sp³-hybridized carbons (Fsp3) is 0.300. The lowest BCUT2D eigenvalue weighted by Gasteiger charge is -2.16. The van der Waals surface area contributed by atoms with Crippen LogP contribution in [0.15, 0.2) is 18.2 Å². The Kier molecular flexibility index (Phi) is 2.63. The number of rotatable bonds is 1. The van der Waals surface area contributed by atoms with Crippen molar-refractivity contribution in [2.75, 3.05) is 11.4 Å².